The van der Waals surface area contributed by atoms with Gasteiger partial charge in [0.1, 0.15) is 5.82 Å². The van der Waals surface area contributed by atoms with E-state index in [9.17, 15) is 9.18 Å². The Kier molecular flexibility index (Phi) is 7.79. The molecule has 7 heteroatoms. The fourth-order valence-electron chi connectivity index (χ4n) is 3.42. The van der Waals surface area contributed by atoms with E-state index in [1.807, 2.05) is 36.1 Å². The maximum atomic E-state index is 13.2. The number of ether oxygens (including phenoxy) is 1. The number of benzene rings is 2. The van der Waals surface area contributed by atoms with Gasteiger partial charge in [-0.15, -0.1) is 0 Å². The summed E-state index contributed by atoms with van der Waals surface area (Å²) in [6, 6.07) is 14.3. The molecule has 0 radical (unpaired) electrons. The minimum absolute atomic E-state index is 0.188. The van der Waals surface area contributed by atoms with Crippen molar-refractivity contribution in [2.75, 3.05) is 31.6 Å². The van der Waals surface area contributed by atoms with Crippen molar-refractivity contribution in [3.05, 3.63) is 65.5 Å². The van der Waals surface area contributed by atoms with Crippen LogP contribution in [0, 0.1) is 5.82 Å². The highest BCUT2D eigenvalue weighted by Gasteiger charge is 2.21. The number of guanidine groups is 1. The lowest BCUT2D eigenvalue weighted by molar-refractivity contribution is -0.117. The highest BCUT2D eigenvalue weighted by molar-refractivity contribution is 5.95. The van der Waals surface area contributed by atoms with Crippen molar-refractivity contribution in [3.8, 4) is 0 Å². The van der Waals surface area contributed by atoms with Gasteiger partial charge in [0.05, 0.1) is 12.6 Å². The Hall–Kier alpha value is -2.93. The first-order valence-electron chi connectivity index (χ1n) is 10.3. The Morgan fingerprint density at radius 3 is 2.50 bits per heavy atom. The van der Waals surface area contributed by atoms with Gasteiger partial charge < -0.3 is 20.3 Å². The van der Waals surface area contributed by atoms with Crippen molar-refractivity contribution in [2.24, 2.45) is 4.99 Å². The molecule has 2 N–H and O–H groups in total. The maximum absolute atomic E-state index is 13.2. The third-order valence-electron chi connectivity index (χ3n) is 5.07. The molecule has 1 aliphatic heterocycles. The largest absolute Gasteiger partial charge is 0.375 e. The Morgan fingerprint density at radius 2 is 1.90 bits per heavy atom. The van der Waals surface area contributed by atoms with E-state index in [2.05, 4.69) is 15.6 Å². The number of hydrogen-bond donors (Lipinski definition) is 2. The normalized spacial score (nSPS) is 15.4. The molecule has 1 heterocycles. The molecule has 6 nitrogen and oxygen atoms in total. The lowest BCUT2D eigenvalue weighted by atomic mass is 10.1. The zero-order valence-corrected chi connectivity index (χ0v) is 17.5. The average Bonchev–Trinajstić information content (AvgIpc) is 3.19. The molecule has 2 aromatic carbocycles. The van der Waals surface area contributed by atoms with Crippen LogP contribution in [-0.2, 0) is 16.1 Å². The highest BCUT2D eigenvalue weighted by atomic mass is 19.1. The van der Waals surface area contributed by atoms with Gasteiger partial charge in [-0.3, -0.25) is 4.79 Å². The van der Waals surface area contributed by atoms with E-state index >= 15 is 0 Å². The van der Waals surface area contributed by atoms with Crippen molar-refractivity contribution in [3.63, 3.8) is 0 Å². The third kappa shape index (κ3) is 5.79. The number of methoxy groups -OCH3 is 1. The molecule has 0 bridgehead atoms. The van der Waals surface area contributed by atoms with Crippen LogP contribution in [-0.4, -0.2) is 38.6 Å². The Bertz CT molecular complexity index is 853. The monoisotopic (exact) mass is 412 g/mol. The van der Waals surface area contributed by atoms with Crippen LogP contribution in [0.1, 0.15) is 37.0 Å². The number of aliphatic imine (C=N–C) groups is 1. The van der Waals surface area contributed by atoms with E-state index in [0.29, 0.717) is 25.5 Å². The molecular formula is C23H29FN4O2. The molecule has 3 rings (SSSR count). The van der Waals surface area contributed by atoms with Crippen molar-refractivity contribution < 1.29 is 13.9 Å². The van der Waals surface area contributed by atoms with E-state index in [-0.39, 0.29) is 17.8 Å². The molecule has 1 amide bonds. The zero-order valence-electron chi connectivity index (χ0n) is 17.5. The second kappa shape index (κ2) is 10.7. The number of nitrogens with one attached hydrogen (secondary N) is 2. The highest BCUT2D eigenvalue weighted by Crippen LogP contribution is 2.22. The first kappa shape index (κ1) is 21.8. The molecule has 1 fully saturated rings. The average molecular weight is 413 g/mol. The first-order valence-corrected chi connectivity index (χ1v) is 10.3. The molecule has 160 valence electrons. The second-order valence-corrected chi connectivity index (χ2v) is 7.17. The van der Waals surface area contributed by atoms with Gasteiger partial charge in [0.25, 0.3) is 0 Å². The third-order valence-corrected chi connectivity index (χ3v) is 5.07. The summed E-state index contributed by atoms with van der Waals surface area (Å²) in [6.45, 7) is 4.55. The van der Waals surface area contributed by atoms with E-state index < -0.39 is 0 Å². The van der Waals surface area contributed by atoms with E-state index in [4.69, 9.17) is 4.74 Å². The smallest absolute Gasteiger partial charge is 0.227 e. The van der Waals surface area contributed by atoms with Crippen LogP contribution < -0.4 is 15.5 Å². The summed E-state index contributed by atoms with van der Waals surface area (Å²) in [4.78, 5) is 18.3. The molecule has 0 aliphatic carbocycles. The van der Waals surface area contributed by atoms with Crippen molar-refractivity contribution in [1.82, 2.24) is 10.6 Å². The number of nitrogens with zero attached hydrogens (tertiary/aromatic N) is 2. The summed E-state index contributed by atoms with van der Waals surface area (Å²) in [5.41, 5.74) is 2.90. The summed E-state index contributed by atoms with van der Waals surface area (Å²) in [6.07, 6.45) is 1.33. The van der Waals surface area contributed by atoms with Crippen LogP contribution in [0.15, 0.2) is 53.5 Å². The molecule has 1 unspecified atom stereocenters. The Morgan fingerprint density at radius 1 is 1.17 bits per heavy atom. The molecule has 0 saturated carbocycles. The number of hydrogen-bond acceptors (Lipinski definition) is 3. The van der Waals surface area contributed by atoms with Crippen LogP contribution in [0.5, 0.6) is 0 Å². The minimum atomic E-state index is -0.267. The maximum Gasteiger partial charge on any atom is 0.227 e. The van der Waals surface area contributed by atoms with Gasteiger partial charge >= 0.3 is 0 Å². The second-order valence-electron chi connectivity index (χ2n) is 7.17. The van der Waals surface area contributed by atoms with Gasteiger partial charge in [-0.25, -0.2) is 9.38 Å². The Labute approximate surface area is 177 Å². The Balaban J connectivity index is 1.59. The van der Waals surface area contributed by atoms with Crippen molar-refractivity contribution in [2.45, 2.75) is 32.4 Å². The molecular weight excluding hydrogens is 383 g/mol. The zero-order chi connectivity index (χ0) is 21.3. The van der Waals surface area contributed by atoms with Crippen LogP contribution in [0.3, 0.4) is 0 Å². The molecule has 1 atom stereocenters. The lowest BCUT2D eigenvalue weighted by Crippen LogP contribution is -2.39. The standard InChI is InChI=1S/C23H29FN4O2/c1-3-25-23(27-16-21(30-2)18-8-10-19(24)11-9-18)26-15-17-6-12-20(13-7-17)28-14-4-5-22(28)29/h6-13,21H,3-5,14-16H2,1-2H3,(H2,25,26,27). The quantitative estimate of drug-likeness (QED) is 0.515. The van der Waals surface area contributed by atoms with Crippen molar-refractivity contribution in [1.29, 1.82) is 0 Å². The number of carbonyl (C=O) groups excluding carboxylic acids is 1. The fourth-order valence-corrected chi connectivity index (χ4v) is 3.42. The van der Waals surface area contributed by atoms with Crippen LogP contribution in [0.4, 0.5) is 10.1 Å². The number of halogens is 1. The minimum Gasteiger partial charge on any atom is -0.375 e. The van der Waals surface area contributed by atoms with Gasteiger partial charge in [-0.1, -0.05) is 24.3 Å². The molecule has 1 aliphatic rings. The first-order chi connectivity index (χ1) is 14.6. The van der Waals surface area contributed by atoms with Crippen molar-refractivity contribution >= 4 is 17.6 Å². The SMILES string of the molecule is CCNC(=NCc1ccc(N2CCCC2=O)cc1)NCC(OC)c1ccc(F)cc1. The summed E-state index contributed by atoms with van der Waals surface area (Å²) in [5, 5.41) is 6.51. The van der Waals surface area contributed by atoms with Gasteiger partial charge in [-0.05, 0) is 48.7 Å². The van der Waals surface area contributed by atoms with Gasteiger partial charge in [0, 0.05) is 38.9 Å². The van der Waals surface area contributed by atoms with E-state index in [1.54, 1.807) is 19.2 Å². The summed E-state index contributed by atoms with van der Waals surface area (Å²) in [5.74, 6) is 0.602. The van der Waals surface area contributed by atoms with Gasteiger partial charge in [-0.2, -0.15) is 0 Å². The van der Waals surface area contributed by atoms with Crippen LogP contribution in [0.2, 0.25) is 0 Å². The van der Waals surface area contributed by atoms with Gasteiger partial charge in [0.15, 0.2) is 5.96 Å². The van der Waals surface area contributed by atoms with Crippen LogP contribution >= 0.6 is 0 Å². The fraction of sp³-hybridized carbons (Fsp3) is 0.391. The van der Waals surface area contributed by atoms with Gasteiger partial charge in [0.2, 0.25) is 5.91 Å². The topological polar surface area (TPSA) is 66.0 Å². The summed E-state index contributed by atoms with van der Waals surface area (Å²) >= 11 is 0. The van der Waals surface area contributed by atoms with E-state index in [1.165, 1.54) is 12.1 Å². The molecule has 1 saturated heterocycles. The molecule has 2 aromatic rings. The number of rotatable bonds is 8. The number of carbonyl (C=O) groups is 1. The predicted molar refractivity (Wildman–Crippen MR) is 117 cm³/mol. The molecule has 0 spiro atoms. The molecule has 30 heavy (non-hydrogen) atoms. The van der Waals surface area contributed by atoms with E-state index in [0.717, 1.165) is 36.3 Å². The lowest BCUT2D eigenvalue weighted by Gasteiger charge is -2.19. The number of anilines is 1. The predicted octanol–water partition coefficient (Wildman–Crippen LogP) is 3.40. The summed E-state index contributed by atoms with van der Waals surface area (Å²) in [7, 11) is 1.63. The molecule has 0 aromatic heterocycles. The summed E-state index contributed by atoms with van der Waals surface area (Å²) < 4.78 is 18.7. The number of amides is 1. The van der Waals surface area contributed by atoms with Crippen LogP contribution in [0.25, 0.3) is 0 Å².